The first-order chi connectivity index (χ1) is 13.3. The first-order valence-corrected chi connectivity index (χ1v) is 12.4. The Bertz CT molecular complexity index is 884. The van der Waals surface area contributed by atoms with Gasteiger partial charge in [-0.15, -0.1) is 10.2 Å². The average molecular weight is 445 g/mol. The van der Waals surface area contributed by atoms with E-state index in [2.05, 4.69) is 22.4 Å². The van der Waals surface area contributed by atoms with Gasteiger partial charge in [-0.05, 0) is 37.1 Å². The van der Waals surface area contributed by atoms with Crippen LogP contribution in [0.25, 0.3) is 0 Å². The summed E-state index contributed by atoms with van der Waals surface area (Å²) in [6.07, 6.45) is 2.38. The van der Waals surface area contributed by atoms with Crippen LogP contribution in [0.2, 0.25) is 0 Å². The van der Waals surface area contributed by atoms with E-state index in [1.54, 1.807) is 43.0 Å². The van der Waals surface area contributed by atoms with Gasteiger partial charge in [0.05, 0.1) is 19.1 Å². The van der Waals surface area contributed by atoms with Gasteiger partial charge in [-0.1, -0.05) is 36.9 Å². The molecule has 1 unspecified atom stereocenters. The van der Waals surface area contributed by atoms with Gasteiger partial charge in [-0.2, -0.15) is 0 Å². The molecule has 8 nitrogen and oxygen atoms in total. The number of thioether (sulfide) groups is 1. The highest BCUT2D eigenvalue weighted by Gasteiger charge is 2.32. The van der Waals surface area contributed by atoms with Gasteiger partial charge < -0.3 is 4.74 Å². The first kappa shape index (κ1) is 22.4. The summed E-state index contributed by atoms with van der Waals surface area (Å²) in [5.74, 6) is 1.06. The average Bonchev–Trinajstić information content (AvgIpc) is 3.10. The number of anilines is 2. The smallest absolute Gasteiger partial charge is 0.250 e. The lowest BCUT2D eigenvalue weighted by Gasteiger charge is -2.29. The van der Waals surface area contributed by atoms with Crippen LogP contribution in [0.5, 0.6) is 5.75 Å². The lowest BCUT2D eigenvalue weighted by Crippen LogP contribution is -2.46. The number of sulfonamides is 1. The summed E-state index contributed by atoms with van der Waals surface area (Å²) in [6, 6.07) is 5.61. The molecule has 11 heteroatoms. The van der Waals surface area contributed by atoms with E-state index in [0.29, 0.717) is 23.0 Å². The van der Waals surface area contributed by atoms with E-state index in [4.69, 9.17) is 4.74 Å². The SMILES string of the molecule is CCCSc1nnc(NC(=O)C(CC)N(c2ccc(OC)cc2)S(C)(=O)=O)s1. The standard InChI is InChI=1S/C17H24N4O4S3/c1-5-11-26-17-20-19-16(27-17)18-15(22)14(6-2)21(28(4,23)24)12-7-9-13(25-3)10-8-12/h7-10,14H,5-6,11H2,1-4H3,(H,18,19,22). The van der Waals surface area contributed by atoms with Gasteiger partial charge >= 0.3 is 0 Å². The molecular formula is C17H24N4O4S3. The maximum Gasteiger partial charge on any atom is 0.250 e. The number of rotatable bonds is 10. The van der Waals surface area contributed by atoms with Crippen molar-refractivity contribution in [3.05, 3.63) is 24.3 Å². The number of hydrogen-bond acceptors (Lipinski definition) is 8. The van der Waals surface area contributed by atoms with Gasteiger partial charge in [0.15, 0.2) is 4.34 Å². The minimum Gasteiger partial charge on any atom is -0.497 e. The number of methoxy groups -OCH3 is 1. The summed E-state index contributed by atoms with van der Waals surface area (Å²) >= 11 is 2.84. The molecule has 0 saturated carbocycles. The van der Waals surface area contributed by atoms with Crippen molar-refractivity contribution in [2.45, 2.75) is 37.1 Å². The van der Waals surface area contributed by atoms with Crippen LogP contribution >= 0.6 is 23.1 Å². The Labute approximate surface area is 173 Å². The van der Waals surface area contributed by atoms with Crippen LogP contribution in [-0.4, -0.2) is 49.7 Å². The van der Waals surface area contributed by atoms with Crippen molar-refractivity contribution >= 4 is 49.8 Å². The fourth-order valence-electron chi connectivity index (χ4n) is 2.49. The first-order valence-electron chi connectivity index (χ1n) is 8.70. The number of carbonyl (C=O) groups is 1. The van der Waals surface area contributed by atoms with Crippen molar-refractivity contribution in [3.63, 3.8) is 0 Å². The van der Waals surface area contributed by atoms with Crippen LogP contribution in [0.15, 0.2) is 28.6 Å². The second-order valence-electron chi connectivity index (χ2n) is 5.89. The van der Waals surface area contributed by atoms with E-state index < -0.39 is 22.0 Å². The van der Waals surface area contributed by atoms with Gasteiger partial charge in [0, 0.05) is 5.75 Å². The second kappa shape index (κ2) is 10.1. The molecule has 0 aliphatic carbocycles. The Hall–Kier alpha value is -1.85. The molecule has 0 aliphatic heterocycles. The number of amides is 1. The second-order valence-corrected chi connectivity index (χ2v) is 10.1. The number of carbonyl (C=O) groups excluding carboxylic acids is 1. The normalized spacial score (nSPS) is 12.4. The van der Waals surface area contributed by atoms with Crippen molar-refractivity contribution in [1.82, 2.24) is 10.2 Å². The summed E-state index contributed by atoms with van der Waals surface area (Å²) < 4.78 is 31.9. The summed E-state index contributed by atoms with van der Waals surface area (Å²) in [5, 5.41) is 11.1. The number of benzene rings is 1. The van der Waals surface area contributed by atoms with E-state index in [9.17, 15) is 13.2 Å². The van der Waals surface area contributed by atoms with E-state index in [-0.39, 0.29) is 0 Å². The molecule has 154 valence electrons. The zero-order chi connectivity index (χ0) is 20.7. The third-order valence-electron chi connectivity index (χ3n) is 3.72. The zero-order valence-electron chi connectivity index (χ0n) is 16.2. The van der Waals surface area contributed by atoms with E-state index in [1.807, 2.05) is 0 Å². The van der Waals surface area contributed by atoms with Crippen molar-refractivity contribution in [1.29, 1.82) is 0 Å². The Balaban J connectivity index is 2.24. The predicted octanol–water partition coefficient (Wildman–Crippen LogP) is 3.23. The molecule has 1 amide bonds. The number of nitrogens with one attached hydrogen (secondary N) is 1. The molecule has 0 spiro atoms. The summed E-state index contributed by atoms with van der Waals surface area (Å²) in [5.41, 5.74) is 0.391. The minimum atomic E-state index is -3.70. The monoisotopic (exact) mass is 444 g/mol. The van der Waals surface area contributed by atoms with Crippen molar-refractivity contribution in [2.75, 3.05) is 28.7 Å². The summed E-state index contributed by atoms with van der Waals surface area (Å²) in [7, 11) is -2.17. The van der Waals surface area contributed by atoms with Gasteiger partial charge in [-0.25, -0.2) is 8.42 Å². The summed E-state index contributed by atoms with van der Waals surface area (Å²) in [6.45, 7) is 3.83. The topological polar surface area (TPSA) is 101 Å². The van der Waals surface area contributed by atoms with Crippen LogP contribution in [0.3, 0.4) is 0 Å². The third-order valence-corrected chi connectivity index (χ3v) is 7.08. The molecule has 0 bridgehead atoms. The fraction of sp³-hybridized carbons (Fsp3) is 0.471. The molecule has 2 aromatic rings. The Morgan fingerprint density at radius 1 is 1.29 bits per heavy atom. The molecule has 1 N–H and O–H groups in total. The van der Waals surface area contributed by atoms with Crippen LogP contribution in [0, 0.1) is 0 Å². The van der Waals surface area contributed by atoms with Gasteiger partial charge in [0.25, 0.3) is 0 Å². The van der Waals surface area contributed by atoms with Crippen molar-refractivity contribution in [3.8, 4) is 5.75 Å². The molecular weight excluding hydrogens is 420 g/mol. The van der Waals surface area contributed by atoms with E-state index >= 15 is 0 Å². The molecule has 0 aliphatic rings. The molecule has 1 atom stereocenters. The number of hydrogen-bond donors (Lipinski definition) is 1. The molecule has 28 heavy (non-hydrogen) atoms. The zero-order valence-corrected chi connectivity index (χ0v) is 18.7. The predicted molar refractivity (Wildman–Crippen MR) is 114 cm³/mol. The highest BCUT2D eigenvalue weighted by Crippen LogP contribution is 2.28. The molecule has 0 saturated heterocycles. The Kier molecular flexibility index (Phi) is 8.08. The van der Waals surface area contributed by atoms with Crippen molar-refractivity contribution in [2.24, 2.45) is 0 Å². The number of aromatic nitrogens is 2. The maximum atomic E-state index is 12.8. The van der Waals surface area contributed by atoms with Crippen molar-refractivity contribution < 1.29 is 17.9 Å². The Morgan fingerprint density at radius 2 is 1.96 bits per heavy atom. The van der Waals surface area contributed by atoms with Gasteiger partial charge in [0.2, 0.25) is 21.1 Å². The Morgan fingerprint density at radius 3 is 2.50 bits per heavy atom. The molecule has 1 aromatic heterocycles. The van der Waals surface area contributed by atoms with Crippen LogP contribution in [0.4, 0.5) is 10.8 Å². The minimum absolute atomic E-state index is 0.293. The highest BCUT2D eigenvalue weighted by molar-refractivity contribution is 8.01. The van der Waals surface area contributed by atoms with E-state index in [1.165, 1.54) is 18.4 Å². The van der Waals surface area contributed by atoms with Crippen LogP contribution in [-0.2, 0) is 14.8 Å². The largest absolute Gasteiger partial charge is 0.497 e. The molecule has 1 aromatic carbocycles. The quantitative estimate of drug-likeness (QED) is 0.443. The van der Waals surface area contributed by atoms with Crippen LogP contribution in [0.1, 0.15) is 26.7 Å². The maximum absolute atomic E-state index is 12.8. The number of ether oxygens (including phenoxy) is 1. The highest BCUT2D eigenvalue weighted by atomic mass is 32.2. The lowest BCUT2D eigenvalue weighted by atomic mass is 10.2. The molecule has 1 heterocycles. The molecule has 2 rings (SSSR count). The molecule has 0 fully saturated rings. The lowest BCUT2D eigenvalue weighted by molar-refractivity contribution is -0.117. The molecule has 0 radical (unpaired) electrons. The summed E-state index contributed by atoms with van der Waals surface area (Å²) in [4.78, 5) is 12.8. The fourth-order valence-corrected chi connectivity index (χ4v) is 5.38. The number of nitrogens with zero attached hydrogens (tertiary/aromatic N) is 3. The third kappa shape index (κ3) is 5.82. The van der Waals surface area contributed by atoms with Gasteiger partial charge in [-0.3, -0.25) is 14.4 Å². The van der Waals surface area contributed by atoms with Crippen LogP contribution < -0.4 is 14.4 Å². The van der Waals surface area contributed by atoms with Gasteiger partial charge in [0.1, 0.15) is 11.8 Å². The van der Waals surface area contributed by atoms with E-state index in [0.717, 1.165) is 27.1 Å².